The van der Waals surface area contributed by atoms with Gasteiger partial charge in [0.15, 0.2) is 0 Å². The molecular formula is C17H25N3O3S. The minimum absolute atomic E-state index is 0.184. The van der Waals surface area contributed by atoms with E-state index in [1.165, 1.54) is 7.11 Å². The number of rotatable bonds is 7. The molecule has 0 spiro atoms. The first kappa shape index (κ1) is 18.5. The number of hydrogen-bond donors (Lipinski definition) is 2. The van der Waals surface area contributed by atoms with Crippen LogP contribution < -0.4 is 9.46 Å². The smallest absolute Gasteiger partial charge is 0.244 e. The third kappa shape index (κ3) is 3.96. The molecular weight excluding hydrogens is 326 g/mol. The van der Waals surface area contributed by atoms with Crippen molar-refractivity contribution in [3.8, 4) is 5.75 Å². The SMILES string of the molecule is COc1cc(C)c(C)cc1S(=O)(=O)NCCCc1c(C)n[nH]c1C. The van der Waals surface area contributed by atoms with Gasteiger partial charge in [-0.2, -0.15) is 5.10 Å². The Balaban J connectivity index is 2.05. The lowest BCUT2D eigenvalue weighted by Crippen LogP contribution is -2.25. The van der Waals surface area contributed by atoms with E-state index in [0.717, 1.165) is 34.5 Å². The molecule has 0 aliphatic rings. The van der Waals surface area contributed by atoms with E-state index in [-0.39, 0.29) is 4.90 Å². The van der Waals surface area contributed by atoms with Crippen molar-refractivity contribution in [2.24, 2.45) is 0 Å². The summed E-state index contributed by atoms with van der Waals surface area (Å²) in [7, 11) is -2.12. The molecule has 1 aromatic heterocycles. The molecule has 0 radical (unpaired) electrons. The molecule has 0 amide bonds. The van der Waals surface area contributed by atoms with Crippen molar-refractivity contribution in [2.75, 3.05) is 13.7 Å². The summed E-state index contributed by atoms with van der Waals surface area (Å²) < 4.78 is 33.0. The second-order valence-electron chi connectivity index (χ2n) is 6.00. The second-order valence-corrected chi connectivity index (χ2v) is 7.74. The number of sulfonamides is 1. The van der Waals surface area contributed by atoms with Crippen LogP contribution in [0.2, 0.25) is 0 Å². The third-order valence-electron chi connectivity index (χ3n) is 4.25. The summed E-state index contributed by atoms with van der Waals surface area (Å²) in [6, 6.07) is 3.41. The first-order valence-electron chi connectivity index (χ1n) is 7.91. The topological polar surface area (TPSA) is 84.1 Å². The number of nitrogens with one attached hydrogen (secondary N) is 2. The minimum Gasteiger partial charge on any atom is -0.495 e. The van der Waals surface area contributed by atoms with Gasteiger partial charge in [0.25, 0.3) is 0 Å². The van der Waals surface area contributed by atoms with Crippen LogP contribution in [0.25, 0.3) is 0 Å². The van der Waals surface area contributed by atoms with Gasteiger partial charge in [0, 0.05) is 12.2 Å². The first-order chi connectivity index (χ1) is 11.3. The van der Waals surface area contributed by atoms with Gasteiger partial charge in [0.2, 0.25) is 10.0 Å². The number of hydrogen-bond acceptors (Lipinski definition) is 4. The van der Waals surface area contributed by atoms with E-state index >= 15 is 0 Å². The van der Waals surface area contributed by atoms with Crippen molar-refractivity contribution in [3.05, 3.63) is 40.2 Å². The van der Waals surface area contributed by atoms with E-state index in [1.54, 1.807) is 12.1 Å². The van der Waals surface area contributed by atoms with Crippen LogP contribution in [0, 0.1) is 27.7 Å². The molecule has 0 aliphatic carbocycles. The molecule has 7 heteroatoms. The monoisotopic (exact) mass is 351 g/mol. The van der Waals surface area contributed by atoms with Gasteiger partial charge in [-0.1, -0.05) is 0 Å². The summed E-state index contributed by atoms with van der Waals surface area (Å²) in [6.07, 6.45) is 1.48. The van der Waals surface area contributed by atoms with Crippen molar-refractivity contribution in [1.82, 2.24) is 14.9 Å². The summed E-state index contributed by atoms with van der Waals surface area (Å²) in [4.78, 5) is 0.184. The zero-order valence-corrected chi connectivity index (χ0v) is 15.7. The standard InChI is InChI=1S/C17H25N3O3S/c1-11-9-16(23-5)17(10-12(11)2)24(21,22)18-8-6-7-15-13(3)19-20-14(15)4/h9-10,18H,6-8H2,1-5H3,(H,19,20). The zero-order chi connectivity index (χ0) is 17.9. The highest BCUT2D eigenvalue weighted by Gasteiger charge is 2.20. The minimum atomic E-state index is -3.60. The molecule has 0 saturated carbocycles. The van der Waals surface area contributed by atoms with E-state index in [0.29, 0.717) is 18.7 Å². The van der Waals surface area contributed by atoms with E-state index in [1.807, 2.05) is 27.7 Å². The maximum atomic E-state index is 12.6. The average Bonchev–Trinajstić information content (AvgIpc) is 2.85. The molecule has 6 nitrogen and oxygen atoms in total. The molecule has 2 rings (SSSR count). The molecule has 0 aliphatic heterocycles. The highest BCUT2D eigenvalue weighted by molar-refractivity contribution is 7.89. The Morgan fingerprint density at radius 3 is 2.42 bits per heavy atom. The van der Waals surface area contributed by atoms with Gasteiger partial charge in [-0.3, -0.25) is 5.10 Å². The number of benzene rings is 1. The number of ether oxygens (including phenoxy) is 1. The molecule has 132 valence electrons. The summed E-state index contributed by atoms with van der Waals surface area (Å²) in [5.41, 5.74) is 5.06. The Bertz CT molecular complexity index is 806. The molecule has 2 N–H and O–H groups in total. The van der Waals surface area contributed by atoms with Crippen molar-refractivity contribution in [1.29, 1.82) is 0 Å². The Morgan fingerprint density at radius 1 is 1.17 bits per heavy atom. The van der Waals surface area contributed by atoms with Crippen LogP contribution in [0.15, 0.2) is 17.0 Å². The van der Waals surface area contributed by atoms with Crippen LogP contribution in [0.4, 0.5) is 0 Å². The molecule has 1 aromatic carbocycles. The second kappa shape index (κ2) is 7.36. The van der Waals surface area contributed by atoms with Crippen LogP contribution in [-0.2, 0) is 16.4 Å². The predicted molar refractivity (Wildman–Crippen MR) is 94.0 cm³/mol. The normalized spacial score (nSPS) is 11.7. The Morgan fingerprint density at radius 2 is 1.83 bits per heavy atom. The maximum absolute atomic E-state index is 12.6. The largest absolute Gasteiger partial charge is 0.495 e. The summed E-state index contributed by atoms with van der Waals surface area (Å²) in [5.74, 6) is 0.368. The highest BCUT2D eigenvalue weighted by Crippen LogP contribution is 2.27. The van der Waals surface area contributed by atoms with Gasteiger partial charge in [-0.15, -0.1) is 0 Å². The fourth-order valence-corrected chi connectivity index (χ4v) is 3.93. The fraction of sp³-hybridized carbons (Fsp3) is 0.471. The van der Waals surface area contributed by atoms with Crippen LogP contribution >= 0.6 is 0 Å². The van der Waals surface area contributed by atoms with Crippen LogP contribution in [0.3, 0.4) is 0 Å². The van der Waals surface area contributed by atoms with Gasteiger partial charge in [0.1, 0.15) is 10.6 Å². The fourth-order valence-electron chi connectivity index (χ4n) is 2.62. The number of nitrogens with zero attached hydrogens (tertiary/aromatic N) is 1. The lowest BCUT2D eigenvalue weighted by Gasteiger charge is -2.13. The lowest BCUT2D eigenvalue weighted by molar-refractivity contribution is 0.401. The van der Waals surface area contributed by atoms with Crippen molar-refractivity contribution >= 4 is 10.0 Å². The van der Waals surface area contributed by atoms with Crippen LogP contribution in [-0.4, -0.2) is 32.3 Å². The van der Waals surface area contributed by atoms with Crippen molar-refractivity contribution in [3.63, 3.8) is 0 Å². The molecule has 0 unspecified atom stereocenters. The number of methoxy groups -OCH3 is 1. The molecule has 24 heavy (non-hydrogen) atoms. The number of aryl methyl sites for hydroxylation is 4. The molecule has 0 bridgehead atoms. The highest BCUT2D eigenvalue weighted by atomic mass is 32.2. The lowest BCUT2D eigenvalue weighted by atomic mass is 10.1. The molecule has 2 aromatic rings. The zero-order valence-electron chi connectivity index (χ0n) is 14.9. The van der Waals surface area contributed by atoms with Gasteiger partial charge in [-0.25, -0.2) is 13.1 Å². The van der Waals surface area contributed by atoms with Gasteiger partial charge in [-0.05, 0) is 69.4 Å². The quantitative estimate of drug-likeness (QED) is 0.751. The molecule has 1 heterocycles. The van der Waals surface area contributed by atoms with Crippen LogP contribution in [0.5, 0.6) is 5.75 Å². The van der Waals surface area contributed by atoms with E-state index in [9.17, 15) is 8.42 Å². The Hall–Kier alpha value is -1.86. The molecule has 0 saturated heterocycles. The molecule has 0 atom stereocenters. The van der Waals surface area contributed by atoms with Gasteiger partial charge >= 0.3 is 0 Å². The summed E-state index contributed by atoms with van der Waals surface area (Å²) >= 11 is 0. The number of aromatic amines is 1. The third-order valence-corrected chi connectivity index (χ3v) is 5.73. The van der Waals surface area contributed by atoms with Crippen molar-refractivity contribution in [2.45, 2.75) is 45.4 Å². The Kier molecular flexibility index (Phi) is 5.66. The Labute approximate surface area is 143 Å². The molecule has 0 fully saturated rings. The maximum Gasteiger partial charge on any atom is 0.244 e. The summed E-state index contributed by atoms with van der Waals surface area (Å²) in [6.45, 7) is 8.10. The van der Waals surface area contributed by atoms with Crippen LogP contribution in [0.1, 0.15) is 34.5 Å². The summed E-state index contributed by atoms with van der Waals surface area (Å²) in [5, 5.41) is 7.09. The average molecular weight is 351 g/mol. The predicted octanol–water partition coefficient (Wildman–Crippen LogP) is 2.56. The van der Waals surface area contributed by atoms with Gasteiger partial charge in [0.05, 0.1) is 12.8 Å². The number of H-pyrrole nitrogens is 1. The van der Waals surface area contributed by atoms with E-state index < -0.39 is 10.0 Å². The van der Waals surface area contributed by atoms with Crippen molar-refractivity contribution < 1.29 is 13.2 Å². The van der Waals surface area contributed by atoms with E-state index in [2.05, 4.69) is 14.9 Å². The first-order valence-corrected chi connectivity index (χ1v) is 9.40. The number of aromatic nitrogens is 2. The van der Waals surface area contributed by atoms with Gasteiger partial charge < -0.3 is 4.74 Å². The van der Waals surface area contributed by atoms with E-state index in [4.69, 9.17) is 4.74 Å².